The van der Waals surface area contributed by atoms with E-state index in [1.165, 1.54) is 4.90 Å². The molecule has 1 aliphatic heterocycles. The molecule has 2 rings (SSSR count). The van der Waals surface area contributed by atoms with Crippen molar-refractivity contribution >= 4 is 5.91 Å². The third kappa shape index (κ3) is 2.80. The average molecular weight is 287 g/mol. The number of nitrogens with zero attached hydrogens (tertiary/aromatic N) is 1. The average Bonchev–Trinajstić information content (AvgIpc) is 2.43. The first kappa shape index (κ1) is 14.8. The summed E-state index contributed by atoms with van der Waals surface area (Å²) in [6, 6.07) is 1.32. The van der Waals surface area contributed by atoms with Crippen LogP contribution in [-0.2, 0) is 4.74 Å². The first-order chi connectivity index (χ1) is 9.43. The minimum atomic E-state index is -1.57. The van der Waals surface area contributed by atoms with Gasteiger partial charge in [0.05, 0.1) is 18.8 Å². The van der Waals surface area contributed by atoms with Gasteiger partial charge in [-0.25, -0.2) is 13.2 Å². The highest BCUT2D eigenvalue weighted by Crippen LogP contribution is 2.20. The molecule has 1 aromatic rings. The normalized spacial score (nSPS) is 22.9. The van der Waals surface area contributed by atoms with Gasteiger partial charge in [0.15, 0.2) is 17.5 Å². The maximum atomic E-state index is 13.2. The molecule has 3 nitrogen and oxygen atoms in total. The van der Waals surface area contributed by atoms with E-state index < -0.39 is 23.4 Å². The van der Waals surface area contributed by atoms with Crippen LogP contribution in [0.2, 0.25) is 0 Å². The molecule has 2 atom stereocenters. The number of carbonyl (C=O) groups is 1. The summed E-state index contributed by atoms with van der Waals surface area (Å²) in [7, 11) is 0. The Morgan fingerprint density at radius 3 is 2.50 bits per heavy atom. The molecule has 1 aliphatic rings. The first-order valence-electron chi connectivity index (χ1n) is 6.51. The largest absolute Gasteiger partial charge is 0.375 e. The number of ether oxygens (including phenoxy) is 1. The second kappa shape index (κ2) is 5.83. The zero-order valence-electron chi connectivity index (χ0n) is 11.3. The molecule has 1 aromatic carbocycles. The van der Waals surface area contributed by atoms with Gasteiger partial charge in [-0.15, -0.1) is 0 Å². The Labute approximate surface area is 115 Å². The van der Waals surface area contributed by atoms with Crippen LogP contribution in [-0.4, -0.2) is 36.1 Å². The van der Waals surface area contributed by atoms with E-state index >= 15 is 0 Å². The van der Waals surface area contributed by atoms with Gasteiger partial charge >= 0.3 is 0 Å². The molecule has 110 valence electrons. The quantitative estimate of drug-likeness (QED) is 0.783. The van der Waals surface area contributed by atoms with Gasteiger partial charge in [0.1, 0.15) is 0 Å². The van der Waals surface area contributed by atoms with Crippen LogP contribution in [0.25, 0.3) is 0 Å². The van der Waals surface area contributed by atoms with Crippen LogP contribution < -0.4 is 0 Å². The van der Waals surface area contributed by atoms with Crippen molar-refractivity contribution in [2.24, 2.45) is 0 Å². The molecule has 1 amide bonds. The van der Waals surface area contributed by atoms with Gasteiger partial charge in [-0.1, -0.05) is 6.92 Å². The Hall–Kier alpha value is -1.56. The van der Waals surface area contributed by atoms with Crippen molar-refractivity contribution in [2.45, 2.75) is 32.4 Å². The molecule has 1 fully saturated rings. The van der Waals surface area contributed by atoms with Crippen LogP contribution in [0.5, 0.6) is 0 Å². The molecule has 6 heteroatoms. The van der Waals surface area contributed by atoms with Crippen molar-refractivity contribution in [3.8, 4) is 0 Å². The summed E-state index contributed by atoms with van der Waals surface area (Å²) in [5.41, 5.74) is -0.186. The molecule has 0 aliphatic carbocycles. The number of amides is 1. The van der Waals surface area contributed by atoms with E-state index in [2.05, 4.69) is 0 Å². The van der Waals surface area contributed by atoms with Crippen molar-refractivity contribution < 1.29 is 22.7 Å². The number of rotatable bonds is 2. The SMILES string of the molecule is CCC1COC(C)CN1C(=O)c1cc(F)c(F)c(F)c1. The minimum absolute atomic E-state index is 0.142. The lowest BCUT2D eigenvalue weighted by molar-refractivity contribution is -0.0444. The number of hydrogen-bond acceptors (Lipinski definition) is 2. The molecule has 1 saturated heterocycles. The number of carbonyl (C=O) groups excluding carboxylic acids is 1. The fourth-order valence-corrected chi connectivity index (χ4v) is 2.28. The van der Waals surface area contributed by atoms with E-state index in [9.17, 15) is 18.0 Å². The number of hydrogen-bond donors (Lipinski definition) is 0. The van der Waals surface area contributed by atoms with Crippen LogP contribution in [0.1, 0.15) is 30.6 Å². The van der Waals surface area contributed by atoms with Gasteiger partial charge in [0.25, 0.3) is 5.91 Å². The summed E-state index contributed by atoms with van der Waals surface area (Å²) in [5.74, 6) is -4.79. The topological polar surface area (TPSA) is 29.5 Å². The molecule has 20 heavy (non-hydrogen) atoms. The summed E-state index contributed by atoms with van der Waals surface area (Å²) in [6.45, 7) is 4.45. The van der Waals surface area contributed by atoms with Gasteiger partial charge in [-0.3, -0.25) is 4.79 Å². The van der Waals surface area contributed by atoms with Crippen molar-refractivity contribution in [3.63, 3.8) is 0 Å². The highest BCUT2D eigenvalue weighted by molar-refractivity contribution is 5.94. The lowest BCUT2D eigenvalue weighted by Gasteiger charge is -2.38. The Balaban J connectivity index is 2.29. The molecule has 0 aromatic heterocycles. The smallest absolute Gasteiger partial charge is 0.254 e. The minimum Gasteiger partial charge on any atom is -0.375 e. The summed E-state index contributed by atoms with van der Waals surface area (Å²) in [5, 5.41) is 0. The van der Waals surface area contributed by atoms with Crippen LogP contribution in [0.4, 0.5) is 13.2 Å². The Bertz CT molecular complexity index is 498. The highest BCUT2D eigenvalue weighted by atomic mass is 19.2. The predicted molar refractivity (Wildman–Crippen MR) is 66.8 cm³/mol. The van der Waals surface area contributed by atoms with E-state index in [0.29, 0.717) is 19.6 Å². The lowest BCUT2D eigenvalue weighted by atomic mass is 10.1. The molecule has 1 heterocycles. The van der Waals surface area contributed by atoms with Crippen molar-refractivity contribution in [3.05, 3.63) is 35.1 Å². The van der Waals surface area contributed by atoms with Gasteiger partial charge in [0, 0.05) is 12.1 Å². The first-order valence-corrected chi connectivity index (χ1v) is 6.51. The third-order valence-electron chi connectivity index (χ3n) is 3.43. The molecule has 2 unspecified atom stereocenters. The summed E-state index contributed by atoms with van der Waals surface area (Å²) in [6.07, 6.45) is 0.529. The second-order valence-corrected chi connectivity index (χ2v) is 4.92. The molecule has 0 N–H and O–H groups in total. The lowest BCUT2D eigenvalue weighted by Crippen LogP contribution is -2.51. The maximum Gasteiger partial charge on any atom is 0.254 e. The maximum absolute atomic E-state index is 13.2. The third-order valence-corrected chi connectivity index (χ3v) is 3.43. The molecule has 0 saturated carbocycles. The monoisotopic (exact) mass is 287 g/mol. The molecule has 0 radical (unpaired) electrons. The Morgan fingerprint density at radius 1 is 1.35 bits per heavy atom. The van der Waals surface area contributed by atoms with Crippen LogP contribution >= 0.6 is 0 Å². The fourth-order valence-electron chi connectivity index (χ4n) is 2.28. The summed E-state index contributed by atoms with van der Waals surface area (Å²) in [4.78, 5) is 13.9. The zero-order chi connectivity index (χ0) is 14.9. The molecule has 0 spiro atoms. The van der Waals surface area contributed by atoms with Crippen LogP contribution in [0.3, 0.4) is 0 Å². The standard InChI is InChI=1S/C14H16F3NO2/c1-3-10-7-20-8(2)6-18(10)14(19)9-4-11(15)13(17)12(16)5-9/h4-5,8,10H,3,6-7H2,1-2H3. The van der Waals surface area contributed by atoms with Gasteiger partial charge in [-0.2, -0.15) is 0 Å². The molecular formula is C14H16F3NO2. The van der Waals surface area contributed by atoms with E-state index in [1.807, 2.05) is 13.8 Å². The number of halogens is 3. The van der Waals surface area contributed by atoms with Crippen LogP contribution in [0.15, 0.2) is 12.1 Å². The van der Waals surface area contributed by atoms with Crippen molar-refractivity contribution in [2.75, 3.05) is 13.2 Å². The summed E-state index contributed by atoms with van der Waals surface area (Å²) < 4.78 is 44.8. The highest BCUT2D eigenvalue weighted by Gasteiger charge is 2.30. The van der Waals surface area contributed by atoms with Gasteiger partial charge < -0.3 is 9.64 Å². The van der Waals surface area contributed by atoms with Gasteiger partial charge in [-0.05, 0) is 25.5 Å². The molecule has 0 bridgehead atoms. The Morgan fingerprint density at radius 2 is 1.95 bits per heavy atom. The van der Waals surface area contributed by atoms with Crippen molar-refractivity contribution in [1.82, 2.24) is 4.90 Å². The predicted octanol–water partition coefficient (Wildman–Crippen LogP) is 2.74. The van der Waals surface area contributed by atoms with E-state index in [1.54, 1.807) is 0 Å². The Kier molecular flexibility index (Phi) is 4.32. The second-order valence-electron chi connectivity index (χ2n) is 4.92. The summed E-state index contributed by atoms with van der Waals surface area (Å²) >= 11 is 0. The number of morpholine rings is 1. The van der Waals surface area contributed by atoms with Crippen LogP contribution in [0, 0.1) is 17.5 Å². The zero-order valence-corrected chi connectivity index (χ0v) is 11.3. The number of benzene rings is 1. The van der Waals surface area contributed by atoms with E-state index in [-0.39, 0.29) is 17.7 Å². The van der Waals surface area contributed by atoms with E-state index in [4.69, 9.17) is 4.74 Å². The molecular weight excluding hydrogens is 271 g/mol. The fraction of sp³-hybridized carbons (Fsp3) is 0.500. The van der Waals surface area contributed by atoms with Gasteiger partial charge in [0.2, 0.25) is 0 Å². The van der Waals surface area contributed by atoms with Crippen molar-refractivity contribution in [1.29, 1.82) is 0 Å². The van der Waals surface area contributed by atoms with E-state index in [0.717, 1.165) is 12.1 Å².